The Hall–Kier alpha value is -1.17. The molecule has 110 valence electrons. The summed E-state index contributed by atoms with van der Waals surface area (Å²) in [5.41, 5.74) is 0.917. The van der Waals surface area contributed by atoms with E-state index < -0.39 is 4.92 Å². The summed E-state index contributed by atoms with van der Waals surface area (Å²) in [6.07, 6.45) is 2.44. The van der Waals surface area contributed by atoms with Crippen molar-refractivity contribution in [2.75, 3.05) is 19.6 Å². The Balaban J connectivity index is 2.03. The Morgan fingerprint density at radius 1 is 1.55 bits per heavy atom. The van der Waals surface area contributed by atoms with Crippen LogP contribution in [0.3, 0.4) is 0 Å². The second-order valence-corrected chi connectivity index (χ2v) is 5.57. The second kappa shape index (κ2) is 7.02. The summed E-state index contributed by atoms with van der Waals surface area (Å²) in [5, 5.41) is 14.6. The van der Waals surface area contributed by atoms with Crippen molar-refractivity contribution < 1.29 is 4.92 Å². The summed E-state index contributed by atoms with van der Waals surface area (Å²) in [7, 11) is 0. The second-order valence-electron chi connectivity index (χ2n) is 5.16. The van der Waals surface area contributed by atoms with Crippen molar-refractivity contribution in [3.63, 3.8) is 0 Å². The highest BCUT2D eigenvalue weighted by atomic mass is 35.5. The molecule has 1 aromatic carbocycles. The Kier molecular flexibility index (Phi) is 5.34. The van der Waals surface area contributed by atoms with E-state index in [-0.39, 0.29) is 10.7 Å². The Bertz CT molecular complexity index is 475. The monoisotopic (exact) mass is 297 g/mol. The minimum Gasteiger partial charge on any atom is -0.313 e. The third-order valence-electron chi connectivity index (χ3n) is 3.70. The van der Waals surface area contributed by atoms with E-state index in [0.717, 1.165) is 25.2 Å². The molecule has 1 N–H and O–H groups in total. The average Bonchev–Trinajstić information content (AvgIpc) is 2.92. The highest BCUT2D eigenvalue weighted by Crippen LogP contribution is 2.25. The smallest absolute Gasteiger partial charge is 0.288 e. The summed E-state index contributed by atoms with van der Waals surface area (Å²) >= 11 is 5.83. The predicted molar refractivity (Wildman–Crippen MR) is 80.1 cm³/mol. The van der Waals surface area contributed by atoms with Crippen LogP contribution >= 0.6 is 11.6 Å². The fourth-order valence-corrected chi connectivity index (χ4v) is 2.77. The molecule has 0 bridgehead atoms. The molecule has 5 nitrogen and oxygen atoms in total. The molecule has 0 saturated carbocycles. The van der Waals surface area contributed by atoms with Crippen molar-refractivity contribution >= 4 is 17.3 Å². The molecule has 1 saturated heterocycles. The molecule has 6 heteroatoms. The van der Waals surface area contributed by atoms with Gasteiger partial charge in [-0.15, -0.1) is 0 Å². The van der Waals surface area contributed by atoms with Gasteiger partial charge in [0.25, 0.3) is 5.69 Å². The summed E-state index contributed by atoms with van der Waals surface area (Å²) in [4.78, 5) is 12.8. The van der Waals surface area contributed by atoms with E-state index in [2.05, 4.69) is 17.1 Å². The number of hydrogen-bond donors (Lipinski definition) is 1. The third-order valence-corrected chi connectivity index (χ3v) is 4.02. The van der Waals surface area contributed by atoms with E-state index in [1.807, 2.05) is 6.07 Å². The molecular formula is C14H20ClN3O2. The van der Waals surface area contributed by atoms with Gasteiger partial charge >= 0.3 is 0 Å². The van der Waals surface area contributed by atoms with Gasteiger partial charge in [-0.2, -0.15) is 0 Å². The van der Waals surface area contributed by atoms with E-state index in [0.29, 0.717) is 12.6 Å². The summed E-state index contributed by atoms with van der Waals surface area (Å²) in [6.45, 7) is 5.82. The maximum Gasteiger partial charge on any atom is 0.288 e. The number of halogens is 1. The van der Waals surface area contributed by atoms with Crippen LogP contribution in [0.15, 0.2) is 18.2 Å². The van der Waals surface area contributed by atoms with Gasteiger partial charge in [-0.05, 0) is 37.6 Å². The minimum atomic E-state index is -0.430. The molecule has 0 spiro atoms. The van der Waals surface area contributed by atoms with E-state index in [4.69, 9.17) is 11.6 Å². The van der Waals surface area contributed by atoms with Gasteiger partial charge in [0.15, 0.2) is 0 Å². The molecule has 1 aliphatic heterocycles. The van der Waals surface area contributed by atoms with Crippen LogP contribution in [0.25, 0.3) is 0 Å². The van der Waals surface area contributed by atoms with Gasteiger partial charge in [-0.3, -0.25) is 15.0 Å². The van der Waals surface area contributed by atoms with E-state index in [1.54, 1.807) is 12.1 Å². The summed E-state index contributed by atoms with van der Waals surface area (Å²) < 4.78 is 0. The summed E-state index contributed by atoms with van der Waals surface area (Å²) in [5.74, 6) is 0. The first-order valence-corrected chi connectivity index (χ1v) is 7.36. The number of nitro groups is 1. The normalized spacial score (nSPS) is 18.6. The van der Waals surface area contributed by atoms with Crippen LogP contribution in [0.1, 0.15) is 25.3 Å². The molecule has 0 radical (unpaired) electrons. The molecule has 1 heterocycles. The predicted octanol–water partition coefficient (Wildman–Crippen LogP) is 2.82. The number of rotatable bonds is 6. The van der Waals surface area contributed by atoms with E-state index in [1.165, 1.54) is 12.8 Å². The molecule has 1 aliphatic rings. The molecule has 0 aromatic heterocycles. The van der Waals surface area contributed by atoms with Crippen LogP contribution in [0.5, 0.6) is 0 Å². The third kappa shape index (κ3) is 3.91. The van der Waals surface area contributed by atoms with Crippen molar-refractivity contribution in [3.8, 4) is 0 Å². The first-order chi connectivity index (χ1) is 9.60. The molecular weight excluding hydrogens is 278 g/mol. The highest BCUT2D eigenvalue weighted by Gasteiger charge is 2.18. The van der Waals surface area contributed by atoms with Gasteiger partial charge in [0.2, 0.25) is 0 Å². The van der Waals surface area contributed by atoms with Gasteiger partial charge in [0.1, 0.15) is 5.02 Å². The Labute approximate surface area is 124 Å². The van der Waals surface area contributed by atoms with Crippen LogP contribution in [0.2, 0.25) is 5.02 Å². The van der Waals surface area contributed by atoms with Crippen LogP contribution in [-0.4, -0.2) is 35.5 Å². The zero-order valence-corrected chi connectivity index (χ0v) is 12.4. The zero-order chi connectivity index (χ0) is 14.5. The van der Waals surface area contributed by atoms with Crippen LogP contribution in [-0.2, 0) is 6.54 Å². The number of hydrogen-bond acceptors (Lipinski definition) is 4. The van der Waals surface area contributed by atoms with Crippen molar-refractivity contribution in [1.29, 1.82) is 0 Å². The maximum absolute atomic E-state index is 10.9. The lowest BCUT2D eigenvalue weighted by molar-refractivity contribution is -0.384. The Morgan fingerprint density at radius 2 is 2.35 bits per heavy atom. The molecule has 20 heavy (non-hydrogen) atoms. The standard InChI is InChI=1S/C14H20ClN3O2/c1-2-17(10-12-4-3-7-16-12)9-11-5-6-13(15)14(8-11)18(19)20/h5-6,8,12,16H,2-4,7,9-10H2,1H3. The van der Waals surface area contributed by atoms with Gasteiger partial charge in [-0.1, -0.05) is 24.6 Å². The molecule has 1 aromatic rings. The van der Waals surface area contributed by atoms with Crippen molar-refractivity contribution in [2.45, 2.75) is 32.4 Å². The lowest BCUT2D eigenvalue weighted by Gasteiger charge is -2.24. The van der Waals surface area contributed by atoms with Crippen molar-refractivity contribution in [2.24, 2.45) is 0 Å². The molecule has 1 atom stereocenters. The molecule has 0 aliphatic carbocycles. The van der Waals surface area contributed by atoms with Crippen LogP contribution < -0.4 is 5.32 Å². The quantitative estimate of drug-likeness (QED) is 0.648. The summed E-state index contributed by atoms with van der Waals surface area (Å²) in [6, 6.07) is 5.58. The van der Waals surface area contributed by atoms with Gasteiger partial charge in [0, 0.05) is 25.2 Å². The lowest BCUT2D eigenvalue weighted by atomic mass is 10.1. The molecule has 2 rings (SSSR count). The van der Waals surface area contributed by atoms with Crippen molar-refractivity contribution in [1.82, 2.24) is 10.2 Å². The van der Waals surface area contributed by atoms with Crippen molar-refractivity contribution in [3.05, 3.63) is 38.9 Å². The SMILES string of the molecule is CCN(Cc1ccc(Cl)c([N+](=O)[O-])c1)CC1CCCN1. The number of nitrogens with one attached hydrogen (secondary N) is 1. The molecule has 0 amide bonds. The first kappa shape index (κ1) is 15.2. The maximum atomic E-state index is 10.9. The number of nitrogens with zero attached hydrogens (tertiary/aromatic N) is 2. The number of nitro benzene ring substituents is 1. The van der Waals surface area contributed by atoms with Crippen LogP contribution in [0, 0.1) is 10.1 Å². The molecule has 1 unspecified atom stereocenters. The van der Waals surface area contributed by atoms with Gasteiger partial charge < -0.3 is 5.32 Å². The molecule has 1 fully saturated rings. The Morgan fingerprint density at radius 3 is 2.95 bits per heavy atom. The van der Waals surface area contributed by atoms with Gasteiger partial charge in [-0.25, -0.2) is 0 Å². The first-order valence-electron chi connectivity index (χ1n) is 6.98. The van der Waals surface area contributed by atoms with E-state index >= 15 is 0 Å². The topological polar surface area (TPSA) is 58.4 Å². The van der Waals surface area contributed by atoms with Crippen LogP contribution in [0.4, 0.5) is 5.69 Å². The van der Waals surface area contributed by atoms with E-state index in [9.17, 15) is 10.1 Å². The largest absolute Gasteiger partial charge is 0.313 e. The highest BCUT2D eigenvalue weighted by molar-refractivity contribution is 6.32. The fraction of sp³-hybridized carbons (Fsp3) is 0.571. The average molecular weight is 298 g/mol. The zero-order valence-electron chi connectivity index (χ0n) is 11.6. The number of benzene rings is 1. The lowest BCUT2D eigenvalue weighted by Crippen LogP contribution is -2.37. The minimum absolute atomic E-state index is 0.0146. The fourth-order valence-electron chi connectivity index (χ4n) is 2.58. The van der Waals surface area contributed by atoms with Gasteiger partial charge in [0.05, 0.1) is 4.92 Å². The number of likely N-dealkylation sites (N-methyl/N-ethyl adjacent to an activating group) is 1.